The molecule has 0 aromatic rings. The first-order valence-corrected chi connectivity index (χ1v) is 7.09. The molecule has 3 heteroatoms. The van der Waals surface area contributed by atoms with Crippen LogP contribution in [0.4, 0.5) is 0 Å². The summed E-state index contributed by atoms with van der Waals surface area (Å²) in [7, 11) is 1.70. The zero-order chi connectivity index (χ0) is 9.78. The van der Waals surface area contributed by atoms with Gasteiger partial charge in [0.15, 0.2) is 0 Å². The average molecular weight is 251 g/mol. The van der Waals surface area contributed by atoms with Gasteiger partial charge in [-0.15, -0.1) is 0 Å². The molecule has 0 aliphatic rings. The molecule has 0 rings (SSSR count). The van der Waals surface area contributed by atoms with Crippen LogP contribution in [0.1, 0.15) is 19.8 Å². The number of hydrogen-bond acceptors (Lipinski definition) is 2. The van der Waals surface area contributed by atoms with Gasteiger partial charge in [0.05, 0.1) is 0 Å². The summed E-state index contributed by atoms with van der Waals surface area (Å²) in [6.45, 7) is 3.53. The maximum atomic E-state index is 5.37. The Morgan fingerprint density at radius 1 is 1.31 bits per heavy atom. The molecular formula is C10H20O2Se. The second kappa shape index (κ2) is 12.2. The molecule has 0 bridgehead atoms. The van der Waals surface area contributed by atoms with Gasteiger partial charge in [0, 0.05) is 0 Å². The van der Waals surface area contributed by atoms with Gasteiger partial charge in [0.2, 0.25) is 0 Å². The third-order valence-electron chi connectivity index (χ3n) is 1.49. The number of rotatable bonds is 9. The van der Waals surface area contributed by atoms with Crippen LogP contribution < -0.4 is 0 Å². The van der Waals surface area contributed by atoms with Gasteiger partial charge < -0.3 is 0 Å². The molecule has 0 unspecified atom stereocenters. The van der Waals surface area contributed by atoms with Gasteiger partial charge in [-0.3, -0.25) is 0 Å². The van der Waals surface area contributed by atoms with Crippen molar-refractivity contribution >= 4 is 15.0 Å². The fraction of sp³-hybridized carbons (Fsp3) is 0.800. The molecule has 0 aromatic carbocycles. The van der Waals surface area contributed by atoms with Gasteiger partial charge >= 0.3 is 87.5 Å². The Bertz CT molecular complexity index is 115. The Morgan fingerprint density at radius 3 is 2.85 bits per heavy atom. The normalized spacial score (nSPS) is 11.2. The molecule has 0 saturated heterocycles. The van der Waals surface area contributed by atoms with Gasteiger partial charge in [-0.1, -0.05) is 0 Å². The van der Waals surface area contributed by atoms with Crippen molar-refractivity contribution in [1.29, 1.82) is 0 Å². The van der Waals surface area contributed by atoms with Crippen molar-refractivity contribution in [3.05, 3.63) is 12.2 Å². The molecule has 78 valence electrons. The van der Waals surface area contributed by atoms with E-state index in [1.807, 2.05) is 0 Å². The molecule has 0 atom stereocenters. The van der Waals surface area contributed by atoms with Crippen molar-refractivity contribution in [2.24, 2.45) is 0 Å². The van der Waals surface area contributed by atoms with E-state index in [0.29, 0.717) is 21.6 Å². The van der Waals surface area contributed by atoms with Crippen LogP contribution in [0.2, 0.25) is 5.32 Å². The molecule has 13 heavy (non-hydrogen) atoms. The fourth-order valence-corrected chi connectivity index (χ4v) is 2.31. The molecule has 2 nitrogen and oxygen atoms in total. The minimum absolute atomic E-state index is 0.662. The summed E-state index contributed by atoms with van der Waals surface area (Å²) in [5.41, 5.74) is 0.937. The first kappa shape index (κ1) is 13.2. The predicted octanol–water partition coefficient (Wildman–Crippen LogP) is 2.09. The Morgan fingerprint density at radius 2 is 2.15 bits per heavy atom. The predicted molar refractivity (Wildman–Crippen MR) is 57.3 cm³/mol. The molecule has 0 N–H and O–H groups in total. The van der Waals surface area contributed by atoms with Crippen LogP contribution in [0.3, 0.4) is 0 Å². The molecule has 0 aliphatic carbocycles. The minimum atomic E-state index is 0.662. The van der Waals surface area contributed by atoms with E-state index >= 15 is 0 Å². The monoisotopic (exact) mass is 252 g/mol. The van der Waals surface area contributed by atoms with E-state index in [-0.39, 0.29) is 0 Å². The maximum absolute atomic E-state index is 5.37. The fourth-order valence-electron chi connectivity index (χ4n) is 0.789. The summed E-state index contributed by atoms with van der Waals surface area (Å²) >= 11 is 0.662. The Labute approximate surface area is 87.8 Å². The summed E-state index contributed by atoms with van der Waals surface area (Å²) in [6.07, 6.45) is 6.86. The van der Waals surface area contributed by atoms with Gasteiger partial charge in [-0.25, -0.2) is 0 Å². The quantitative estimate of drug-likeness (QED) is 0.355. The standard InChI is InChI=1S/C10H20O2Se/c1-3-4-5-6-9-13-10-12-8-7-11-2/h3-4H,5-10H2,1-2H3/b4-3-. The van der Waals surface area contributed by atoms with Crippen molar-refractivity contribution < 1.29 is 9.47 Å². The summed E-state index contributed by atoms with van der Waals surface area (Å²) in [4.78, 5) is 0. The van der Waals surface area contributed by atoms with Crippen LogP contribution >= 0.6 is 0 Å². The molecule has 0 aromatic heterocycles. The number of hydrogen-bond donors (Lipinski definition) is 0. The molecule has 0 aliphatic heterocycles. The van der Waals surface area contributed by atoms with Gasteiger partial charge in [-0.05, 0) is 0 Å². The summed E-state index contributed by atoms with van der Waals surface area (Å²) in [6, 6.07) is 0. The van der Waals surface area contributed by atoms with E-state index in [9.17, 15) is 0 Å². The van der Waals surface area contributed by atoms with Crippen molar-refractivity contribution in [2.75, 3.05) is 25.8 Å². The van der Waals surface area contributed by atoms with E-state index < -0.39 is 0 Å². The molecule has 0 fully saturated rings. The Kier molecular flexibility index (Phi) is 12.3. The molecule has 0 radical (unpaired) electrons. The van der Waals surface area contributed by atoms with Gasteiger partial charge in [0.1, 0.15) is 0 Å². The average Bonchev–Trinajstić information content (AvgIpc) is 2.16. The van der Waals surface area contributed by atoms with E-state index in [1.54, 1.807) is 7.11 Å². The zero-order valence-corrected chi connectivity index (χ0v) is 10.3. The van der Waals surface area contributed by atoms with Gasteiger partial charge in [0.25, 0.3) is 0 Å². The van der Waals surface area contributed by atoms with E-state index in [2.05, 4.69) is 19.1 Å². The molecule has 0 heterocycles. The topological polar surface area (TPSA) is 18.5 Å². The number of ether oxygens (including phenoxy) is 2. The van der Waals surface area contributed by atoms with E-state index in [0.717, 1.165) is 12.1 Å². The van der Waals surface area contributed by atoms with Crippen molar-refractivity contribution in [3.63, 3.8) is 0 Å². The second-order valence-corrected chi connectivity index (χ2v) is 4.85. The van der Waals surface area contributed by atoms with Crippen LogP contribution in [-0.4, -0.2) is 40.8 Å². The van der Waals surface area contributed by atoms with Crippen LogP contribution in [0.5, 0.6) is 0 Å². The molecule has 0 spiro atoms. The second-order valence-electron chi connectivity index (χ2n) is 2.64. The molecule has 0 saturated carbocycles. The van der Waals surface area contributed by atoms with Crippen molar-refractivity contribution in [1.82, 2.24) is 0 Å². The summed E-state index contributed by atoms with van der Waals surface area (Å²) in [5, 5.41) is 1.32. The van der Waals surface area contributed by atoms with E-state index in [1.165, 1.54) is 18.2 Å². The molecular weight excluding hydrogens is 231 g/mol. The number of methoxy groups -OCH3 is 1. The Balaban J connectivity index is 2.83. The third-order valence-corrected chi connectivity index (χ3v) is 3.40. The number of allylic oxidation sites excluding steroid dienone is 2. The van der Waals surface area contributed by atoms with Crippen LogP contribution in [0.25, 0.3) is 0 Å². The van der Waals surface area contributed by atoms with Crippen molar-refractivity contribution in [3.8, 4) is 0 Å². The summed E-state index contributed by atoms with van der Waals surface area (Å²) in [5.74, 6) is 0. The van der Waals surface area contributed by atoms with E-state index in [4.69, 9.17) is 9.47 Å². The molecule has 0 amide bonds. The first-order chi connectivity index (χ1) is 6.41. The number of unbranched alkanes of at least 4 members (excludes halogenated alkanes) is 1. The van der Waals surface area contributed by atoms with Crippen LogP contribution in [-0.2, 0) is 9.47 Å². The SMILES string of the molecule is C/C=C\CCC[Se]COCCOC. The summed E-state index contributed by atoms with van der Waals surface area (Å²) < 4.78 is 10.2. The zero-order valence-electron chi connectivity index (χ0n) is 8.62. The van der Waals surface area contributed by atoms with Crippen molar-refractivity contribution in [2.45, 2.75) is 25.1 Å². The van der Waals surface area contributed by atoms with Crippen LogP contribution in [0, 0.1) is 0 Å². The third kappa shape index (κ3) is 12.2. The first-order valence-electron chi connectivity index (χ1n) is 4.67. The van der Waals surface area contributed by atoms with Gasteiger partial charge in [-0.2, -0.15) is 0 Å². The Hall–Kier alpha value is 0.179. The van der Waals surface area contributed by atoms with Crippen LogP contribution in [0.15, 0.2) is 12.2 Å².